The molecule has 1 N–H and O–H groups in total. The third kappa shape index (κ3) is 6.96. The molecule has 58 heavy (non-hydrogen) atoms. The van der Waals surface area contributed by atoms with Gasteiger partial charge in [-0.15, -0.1) is 5.54 Å². The van der Waals surface area contributed by atoms with Gasteiger partial charge in [-0.1, -0.05) is 82.9 Å². The van der Waals surface area contributed by atoms with Gasteiger partial charge in [0.1, 0.15) is 31.8 Å². The van der Waals surface area contributed by atoms with Crippen LogP contribution in [0.3, 0.4) is 0 Å². The summed E-state index contributed by atoms with van der Waals surface area (Å²) < 4.78 is 40.4. The van der Waals surface area contributed by atoms with Crippen molar-refractivity contribution < 1.29 is 23.5 Å². The van der Waals surface area contributed by atoms with Crippen LogP contribution in [0, 0.1) is 33.2 Å². The molecule has 0 bridgehead atoms. The summed E-state index contributed by atoms with van der Waals surface area (Å²) in [4.78, 5) is 26.3. The molecule has 4 aromatic rings. The number of aromatic nitrogens is 2. The minimum Gasteiger partial charge on any atom is -0.461 e. The number of β-amino-alcohol motifs (C(OH)–C–C–N with tert-alkyl or cyclic N) is 1. The molecule has 3 aromatic carbocycles. The van der Waals surface area contributed by atoms with Crippen molar-refractivity contribution >= 4 is 41.3 Å². The normalized spacial score (nSPS) is 22.4. The fourth-order valence-electron chi connectivity index (χ4n) is 10.8. The van der Waals surface area contributed by atoms with Gasteiger partial charge in [0.15, 0.2) is 5.82 Å². The number of nitrogens with zero attached hydrogens (tertiary/aromatic N) is 5. The van der Waals surface area contributed by atoms with Gasteiger partial charge in [0.2, 0.25) is 0 Å². The minimum absolute atomic E-state index is 0.0203. The summed E-state index contributed by atoms with van der Waals surface area (Å²) in [6.07, 6.45) is 6.52. The maximum Gasteiger partial charge on any atom is 0.319 e. The quantitative estimate of drug-likeness (QED) is 0.0586. The molecule has 1 unspecified atom stereocenters. The maximum atomic E-state index is 17.8. The second-order valence-electron chi connectivity index (χ2n) is 18.5. The molecule has 3 aliphatic heterocycles. The molecule has 2 atom stereocenters. The van der Waals surface area contributed by atoms with Crippen LogP contribution in [-0.2, 0) is 0 Å². The Hall–Kier alpha value is -4.44. The van der Waals surface area contributed by atoms with Gasteiger partial charge >= 0.3 is 6.01 Å². The number of ether oxygens (including phenoxy) is 1. The fraction of sp³-hybridized carbons (Fsp3) is 0.522. The van der Waals surface area contributed by atoms with E-state index in [0.29, 0.717) is 36.8 Å². The fourth-order valence-corrected chi connectivity index (χ4v) is 16.0. The highest BCUT2D eigenvalue weighted by Gasteiger charge is 2.48. The molecule has 4 fully saturated rings. The Bertz CT molecular complexity index is 2390. The molecule has 8 rings (SSSR count). The van der Waals surface area contributed by atoms with Crippen molar-refractivity contribution in [3.05, 3.63) is 74.9 Å². The lowest BCUT2D eigenvalue weighted by Crippen LogP contribution is -2.46. The molecular formula is C46H55F2N5O4Si. The highest BCUT2D eigenvalue weighted by molar-refractivity contribution is 6.90. The van der Waals surface area contributed by atoms with Crippen molar-refractivity contribution in [1.29, 1.82) is 0 Å². The number of fused-ring (bicyclic) bond motifs is 3. The number of hydrogen-bond donors (Lipinski definition) is 1. The standard InChI is InChI=1S/C46H55F2N5O4Si/c1-28(2)58(29(3)4,30(5)6)22-17-34-37(47)16-15-32-11-8-12-35(39(32)34)40-38(53(55)56)23-36-42(41(40)48)49-44(50-43(36)51-20-9-18-45(7,54)26-51)57-27-46-19-10-21-52(46)25-33(24-46)31-13-14-31/h8,11-12,15-16,23,28-30,54H,9-10,13-14,18-21,24-27H2,1-7H3/t45-,46?/m1/s1. The van der Waals surface area contributed by atoms with E-state index < -0.39 is 35.9 Å². The van der Waals surface area contributed by atoms with Gasteiger partial charge in [-0.2, -0.15) is 9.97 Å². The molecule has 0 amide bonds. The van der Waals surface area contributed by atoms with Crippen molar-refractivity contribution in [3.63, 3.8) is 0 Å². The Kier molecular flexibility index (Phi) is 10.4. The molecule has 0 radical (unpaired) electrons. The summed E-state index contributed by atoms with van der Waals surface area (Å²) >= 11 is 0. The number of benzene rings is 3. The second kappa shape index (κ2) is 15.0. The number of piperidine rings is 1. The van der Waals surface area contributed by atoms with Gasteiger partial charge in [0.25, 0.3) is 5.69 Å². The van der Waals surface area contributed by atoms with Crippen LogP contribution in [-0.4, -0.2) is 76.9 Å². The average molecular weight is 808 g/mol. The lowest BCUT2D eigenvalue weighted by molar-refractivity contribution is -0.384. The number of nitro benzene ring substituents is 1. The molecule has 3 saturated heterocycles. The van der Waals surface area contributed by atoms with E-state index in [9.17, 15) is 15.2 Å². The van der Waals surface area contributed by atoms with Gasteiger partial charge < -0.3 is 14.7 Å². The first-order valence-electron chi connectivity index (χ1n) is 21.0. The van der Waals surface area contributed by atoms with Gasteiger partial charge in [0.05, 0.1) is 32.6 Å². The van der Waals surface area contributed by atoms with Crippen LogP contribution in [0.4, 0.5) is 20.3 Å². The molecule has 12 heteroatoms. The summed E-state index contributed by atoms with van der Waals surface area (Å²) in [6, 6.07) is 9.37. The van der Waals surface area contributed by atoms with Crippen molar-refractivity contribution in [1.82, 2.24) is 14.9 Å². The Balaban J connectivity index is 1.33. The average Bonchev–Trinajstić information content (AvgIpc) is 3.85. The number of rotatable bonds is 9. The topological polar surface area (TPSA) is 105 Å². The number of nitro groups is 1. The van der Waals surface area contributed by atoms with Crippen molar-refractivity contribution in [3.8, 4) is 28.6 Å². The zero-order valence-corrected chi connectivity index (χ0v) is 35.8. The van der Waals surface area contributed by atoms with Gasteiger partial charge in [-0.25, -0.2) is 8.78 Å². The lowest BCUT2D eigenvalue weighted by atomic mass is 9.92. The molecule has 4 heterocycles. The van der Waals surface area contributed by atoms with Gasteiger partial charge in [0, 0.05) is 36.7 Å². The van der Waals surface area contributed by atoms with Crippen LogP contribution in [0.15, 0.2) is 47.5 Å². The van der Waals surface area contributed by atoms with Crippen molar-refractivity contribution in [2.45, 2.75) is 121 Å². The van der Waals surface area contributed by atoms with Crippen LogP contribution in [0.25, 0.3) is 32.8 Å². The van der Waals surface area contributed by atoms with E-state index in [2.05, 4.69) is 57.9 Å². The predicted octanol–water partition coefficient (Wildman–Crippen LogP) is 10.3. The number of aliphatic hydroxyl groups is 1. The Morgan fingerprint density at radius 1 is 1.00 bits per heavy atom. The van der Waals surface area contributed by atoms with E-state index >= 15 is 8.78 Å². The third-order valence-corrected chi connectivity index (χ3v) is 20.0. The summed E-state index contributed by atoms with van der Waals surface area (Å²) in [5.41, 5.74) is 5.62. The van der Waals surface area contributed by atoms with Crippen LogP contribution >= 0.6 is 0 Å². The van der Waals surface area contributed by atoms with Crippen LogP contribution < -0.4 is 9.64 Å². The van der Waals surface area contributed by atoms with Crippen molar-refractivity contribution in [2.24, 2.45) is 0 Å². The Labute approximate surface area is 341 Å². The van der Waals surface area contributed by atoms with E-state index in [-0.39, 0.29) is 68.1 Å². The summed E-state index contributed by atoms with van der Waals surface area (Å²) in [6.45, 7) is 17.8. The first-order valence-corrected chi connectivity index (χ1v) is 23.3. The second-order valence-corrected chi connectivity index (χ2v) is 24.1. The first kappa shape index (κ1) is 40.3. The van der Waals surface area contributed by atoms with Crippen LogP contribution in [0.5, 0.6) is 6.01 Å². The Morgan fingerprint density at radius 3 is 2.40 bits per heavy atom. The molecule has 306 valence electrons. The highest BCUT2D eigenvalue weighted by Crippen LogP contribution is 2.48. The molecule has 1 saturated carbocycles. The third-order valence-electron chi connectivity index (χ3n) is 13.7. The lowest BCUT2D eigenvalue weighted by Gasteiger charge is -2.38. The largest absolute Gasteiger partial charge is 0.461 e. The van der Waals surface area contributed by atoms with E-state index in [1.54, 1.807) is 36.8 Å². The molecule has 1 aliphatic carbocycles. The minimum atomic E-state index is -2.33. The molecule has 0 spiro atoms. The zero-order chi connectivity index (χ0) is 41.3. The van der Waals surface area contributed by atoms with E-state index in [1.165, 1.54) is 30.5 Å². The predicted molar refractivity (Wildman–Crippen MR) is 229 cm³/mol. The molecule has 9 nitrogen and oxygen atoms in total. The van der Waals surface area contributed by atoms with Crippen molar-refractivity contribution in [2.75, 3.05) is 37.7 Å². The summed E-state index contributed by atoms with van der Waals surface area (Å²) in [5, 5.41) is 25.3. The number of halogens is 2. The smallest absolute Gasteiger partial charge is 0.319 e. The number of allylic oxidation sites excluding steroid dienone is 1. The summed E-state index contributed by atoms with van der Waals surface area (Å²) in [7, 11) is -2.33. The van der Waals surface area contributed by atoms with Gasteiger partial charge in [-0.3, -0.25) is 15.0 Å². The molecule has 4 aliphatic rings. The molecular weight excluding hydrogens is 753 g/mol. The van der Waals surface area contributed by atoms with Crippen LogP contribution in [0.1, 0.15) is 99.0 Å². The van der Waals surface area contributed by atoms with E-state index in [4.69, 9.17) is 14.7 Å². The zero-order valence-electron chi connectivity index (χ0n) is 34.8. The highest BCUT2D eigenvalue weighted by atomic mass is 28.3. The van der Waals surface area contributed by atoms with E-state index in [1.807, 2.05) is 4.90 Å². The van der Waals surface area contributed by atoms with E-state index in [0.717, 1.165) is 32.4 Å². The monoisotopic (exact) mass is 807 g/mol. The number of anilines is 1. The maximum absolute atomic E-state index is 17.8. The SMILES string of the molecule is CC(C)[Si](C#Cc1c(F)ccc2cccc(-c3c([N+](=O)[O-])cc4c(N5CCC[C@@](C)(O)C5)nc(OCC56CCCN5CC(=C5CC5)C6)nc4c3F)c12)(C(C)C)C(C)C. The van der Waals surface area contributed by atoms with Gasteiger partial charge in [-0.05, 0) is 86.5 Å². The summed E-state index contributed by atoms with van der Waals surface area (Å²) in [5.74, 6) is 2.04. The van der Waals surface area contributed by atoms with Crippen LogP contribution in [0.2, 0.25) is 16.6 Å². The Morgan fingerprint density at radius 2 is 1.72 bits per heavy atom. The first-order chi connectivity index (χ1) is 27.5. The number of hydrogen-bond acceptors (Lipinski definition) is 8. The molecule has 1 aromatic heterocycles.